The first-order chi connectivity index (χ1) is 9.72. The van der Waals surface area contributed by atoms with E-state index in [1.54, 1.807) is 7.05 Å². The zero-order valence-electron chi connectivity index (χ0n) is 13.3. The Morgan fingerprint density at radius 3 is 2.24 bits per heavy atom. The molecule has 3 amide bonds. The average molecular weight is 301 g/mol. The molecular weight excluding hydrogens is 274 g/mol. The van der Waals surface area contributed by atoms with Crippen LogP contribution in [0.25, 0.3) is 0 Å². The van der Waals surface area contributed by atoms with Gasteiger partial charge in [-0.1, -0.05) is 20.8 Å². The number of aliphatic carboxylic acids is 1. The van der Waals surface area contributed by atoms with Gasteiger partial charge in [-0.05, 0) is 18.3 Å². The van der Waals surface area contributed by atoms with Gasteiger partial charge >= 0.3 is 12.0 Å². The number of hydrogen-bond acceptors (Lipinski definition) is 3. The molecule has 21 heavy (non-hydrogen) atoms. The molecule has 0 spiro atoms. The van der Waals surface area contributed by atoms with Gasteiger partial charge in [0.2, 0.25) is 5.91 Å². The van der Waals surface area contributed by atoms with E-state index >= 15 is 0 Å². The average Bonchev–Trinajstić information content (AvgIpc) is 2.39. The fourth-order valence-corrected chi connectivity index (χ4v) is 1.53. The lowest BCUT2D eigenvalue weighted by Crippen LogP contribution is -2.44. The second-order valence-electron chi connectivity index (χ2n) is 5.78. The molecule has 0 aromatic rings. The lowest BCUT2D eigenvalue weighted by Gasteiger charge is -2.19. The van der Waals surface area contributed by atoms with Crippen LogP contribution in [0.2, 0.25) is 0 Å². The summed E-state index contributed by atoms with van der Waals surface area (Å²) in [4.78, 5) is 35.1. The quantitative estimate of drug-likeness (QED) is 0.589. The summed E-state index contributed by atoms with van der Waals surface area (Å²) in [5, 5.41) is 14.0. The molecular formula is C14H27N3O4. The molecule has 3 N–H and O–H groups in total. The van der Waals surface area contributed by atoms with Crippen molar-refractivity contribution < 1.29 is 19.5 Å². The molecule has 1 unspecified atom stereocenters. The van der Waals surface area contributed by atoms with Crippen LogP contribution in [0.1, 0.15) is 33.6 Å². The Kier molecular flexibility index (Phi) is 9.16. The number of carbonyl (C=O) groups is 3. The van der Waals surface area contributed by atoms with Crippen molar-refractivity contribution in [3.63, 3.8) is 0 Å². The summed E-state index contributed by atoms with van der Waals surface area (Å²) in [6.45, 7) is 6.84. The number of nitrogens with zero attached hydrogens (tertiary/aromatic N) is 1. The Labute approximate surface area is 126 Å². The van der Waals surface area contributed by atoms with Crippen molar-refractivity contribution >= 4 is 17.9 Å². The third-order valence-corrected chi connectivity index (χ3v) is 2.89. The summed E-state index contributed by atoms with van der Waals surface area (Å²) < 4.78 is 0. The van der Waals surface area contributed by atoms with E-state index in [9.17, 15) is 14.4 Å². The SMILES string of the molecule is CC(C)CNC(=O)CN(C)C(=O)NCC(C)CCC(=O)O. The van der Waals surface area contributed by atoms with E-state index in [-0.39, 0.29) is 30.8 Å². The molecule has 122 valence electrons. The van der Waals surface area contributed by atoms with Gasteiger partial charge in [-0.3, -0.25) is 9.59 Å². The number of nitrogens with one attached hydrogen (secondary N) is 2. The summed E-state index contributed by atoms with van der Waals surface area (Å²) in [6.07, 6.45) is 0.596. The number of rotatable bonds is 9. The van der Waals surface area contributed by atoms with Gasteiger partial charge < -0.3 is 20.6 Å². The molecule has 0 aliphatic heterocycles. The maximum atomic E-state index is 11.8. The van der Waals surface area contributed by atoms with Crippen LogP contribution in [0, 0.1) is 11.8 Å². The van der Waals surface area contributed by atoms with Crippen molar-refractivity contribution in [1.82, 2.24) is 15.5 Å². The molecule has 7 nitrogen and oxygen atoms in total. The van der Waals surface area contributed by atoms with Gasteiger partial charge in [0.1, 0.15) is 6.54 Å². The standard InChI is InChI=1S/C14H27N3O4/c1-10(2)7-15-12(18)9-17(4)14(21)16-8-11(3)5-6-13(19)20/h10-11H,5-9H2,1-4H3,(H,15,18)(H,16,21)(H,19,20). The number of urea groups is 1. The van der Waals surface area contributed by atoms with Crippen molar-refractivity contribution in [3.8, 4) is 0 Å². The molecule has 0 saturated carbocycles. The molecule has 0 radical (unpaired) electrons. The highest BCUT2D eigenvalue weighted by atomic mass is 16.4. The number of carbonyl (C=O) groups excluding carboxylic acids is 2. The molecule has 0 aliphatic rings. The van der Waals surface area contributed by atoms with Crippen molar-refractivity contribution in [2.75, 3.05) is 26.7 Å². The Morgan fingerprint density at radius 1 is 1.10 bits per heavy atom. The maximum Gasteiger partial charge on any atom is 0.317 e. The Balaban J connectivity index is 3.93. The molecule has 0 aromatic carbocycles. The number of likely N-dealkylation sites (N-methyl/N-ethyl adjacent to an activating group) is 1. The van der Waals surface area contributed by atoms with Crippen molar-refractivity contribution in [2.45, 2.75) is 33.6 Å². The highest BCUT2D eigenvalue weighted by molar-refractivity contribution is 5.83. The van der Waals surface area contributed by atoms with Crippen molar-refractivity contribution in [3.05, 3.63) is 0 Å². The fraction of sp³-hybridized carbons (Fsp3) is 0.786. The van der Waals surface area contributed by atoms with Gasteiger partial charge in [0.25, 0.3) is 0 Å². The minimum Gasteiger partial charge on any atom is -0.481 e. The highest BCUT2D eigenvalue weighted by Gasteiger charge is 2.14. The minimum absolute atomic E-state index is 0.00204. The molecule has 0 heterocycles. The van der Waals surface area contributed by atoms with Gasteiger partial charge in [-0.15, -0.1) is 0 Å². The molecule has 1 atom stereocenters. The van der Waals surface area contributed by atoms with Gasteiger partial charge in [-0.25, -0.2) is 4.79 Å². The van der Waals surface area contributed by atoms with Gasteiger partial charge in [0, 0.05) is 26.6 Å². The molecule has 0 rings (SSSR count). The maximum absolute atomic E-state index is 11.8. The van der Waals surface area contributed by atoms with E-state index in [2.05, 4.69) is 10.6 Å². The van der Waals surface area contributed by atoms with Crippen LogP contribution in [-0.2, 0) is 9.59 Å². The van der Waals surface area contributed by atoms with E-state index in [0.29, 0.717) is 25.4 Å². The van der Waals surface area contributed by atoms with Crippen molar-refractivity contribution in [2.24, 2.45) is 11.8 Å². The topological polar surface area (TPSA) is 98.7 Å². The van der Waals surface area contributed by atoms with E-state index in [4.69, 9.17) is 5.11 Å². The molecule has 0 aromatic heterocycles. The summed E-state index contributed by atoms with van der Waals surface area (Å²) in [6, 6.07) is -0.336. The first-order valence-electron chi connectivity index (χ1n) is 7.19. The fourth-order valence-electron chi connectivity index (χ4n) is 1.53. The molecule has 0 fully saturated rings. The predicted octanol–water partition coefficient (Wildman–Crippen LogP) is 0.901. The predicted molar refractivity (Wildman–Crippen MR) is 79.9 cm³/mol. The van der Waals surface area contributed by atoms with Crippen molar-refractivity contribution in [1.29, 1.82) is 0 Å². The monoisotopic (exact) mass is 301 g/mol. The first-order valence-corrected chi connectivity index (χ1v) is 7.19. The number of amides is 3. The van der Waals surface area contributed by atoms with Gasteiger partial charge in [-0.2, -0.15) is 0 Å². The van der Waals surface area contributed by atoms with Crippen LogP contribution in [0.15, 0.2) is 0 Å². The van der Waals surface area contributed by atoms with Crippen LogP contribution in [0.5, 0.6) is 0 Å². The largest absolute Gasteiger partial charge is 0.481 e. The van der Waals surface area contributed by atoms with Gasteiger partial charge in [0.05, 0.1) is 0 Å². The van der Waals surface area contributed by atoms with E-state index in [1.807, 2.05) is 20.8 Å². The zero-order valence-corrected chi connectivity index (χ0v) is 13.3. The second kappa shape index (κ2) is 10.0. The smallest absolute Gasteiger partial charge is 0.317 e. The molecule has 0 aliphatic carbocycles. The van der Waals surface area contributed by atoms with E-state index in [0.717, 1.165) is 0 Å². The summed E-state index contributed by atoms with van der Waals surface area (Å²) in [5.41, 5.74) is 0. The first kappa shape index (κ1) is 19.2. The highest BCUT2D eigenvalue weighted by Crippen LogP contribution is 2.03. The normalized spacial score (nSPS) is 11.9. The number of carboxylic acid groups (broad SMARTS) is 1. The van der Waals surface area contributed by atoms with Crippen LogP contribution in [0.3, 0.4) is 0 Å². The minimum atomic E-state index is -0.841. The summed E-state index contributed by atoms with van der Waals surface area (Å²) in [5.74, 6) is -0.594. The Morgan fingerprint density at radius 2 is 1.71 bits per heavy atom. The summed E-state index contributed by atoms with van der Waals surface area (Å²) in [7, 11) is 1.55. The number of carboxylic acids is 1. The lowest BCUT2D eigenvalue weighted by molar-refractivity contribution is -0.137. The van der Waals surface area contributed by atoms with Crippen LogP contribution >= 0.6 is 0 Å². The molecule has 0 saturated heterocycles. The van der Waals surface area contributed by atoms with Crippen LogP contribution in [0.4, 0.5) is 4.79 Å². The third-order valence-electron chi connectivity index (χ3n) is 2.89. The third kappa shape index (κ3) is 10.6. The zero-order chi connectivity index (χ0) is 16.4. The van der Waals surface area contributed by atoms with Crippen LogP contribution in [-0.4, -0.2) is 54.6 Å². The van der Waals surface area contributed by atoms with Crippen LogP contribution < -0.4 is 10.6 Å². The van der Waals surface area contributed by atoms with E-state index < -0.39 is 5.97 Å². The lowest BCUT2D eigenvalue weighted by atomic mass is 10.1. The Bertz CT molecular complexity index is 358. The molecule has 7 heteroatoms. The summed E-state index contributed by atoms with van der Waals surface area (Å²) >= 11 is 0. The molecule has 0 bridgehead atoms. The Hall–Kier alpha value is -1.79. The van der Waals surface area contributed by atoms with Gasteiger partial charge in [0.15, 0.2) is 0 Å². The number of hydrogen-bond donors (Lipinski definition) is 3. The van der Waals surface area contributed by atoms with E-state index in [1.165, 1.54) is 4.90 Å². The second-order valence-corrected chi connectivity index (χ2v) is 5.78.